The van der Waals surface area contributed by atoms with E-state index in [0.717, 1.165) is 33.8 Å². The largest absolute Gasteiger partial charge is 0.497 e. The van der Waals surface area contributed by atoms with Crippen molar-refractivity contribution >= 4 is 21.5 Å². The number of methoxy groups -OCH3 is 1. The van der Waals surface area contributed by atoms with Crippen LogP contribution in [0.25, 0.3) is 99.7 Å². The molecular weight excluding hydrogens is 633 g/mol. The van der Waals surface area contributed by atoms with E-state index in [9.17, 15) is 0 Å². The molecule has 0 unspecified atom stereocenters. The maximum absolute atomic E-state index is 5.90. The number of rotatable bonds is 6. The first-order valence-electron chi connectivity index (χ1n) is 17.6. The molecule has 0 saturated carbocycles. The quantitative estimate of drug-likeness (QED) is 0.177. The Morgan fingerprint density at radius 1 is 0.385 bits per heavy atom. The van der Waals surface area contributed by atoms with E-state index < -0.39 is 0 Å². The maximum Gasteiger partial charge on any atom is 0.120 e. The molecule has 0 atom stereocenters. The predicted octanol–water partition coefficient (Wildman–Crippen LogP) is 12.8. The average Bonchev–Trinajstić information content (AvgIpc) is 3.55. The van der Waals surface area contributed by atoms with Crippen LogP contribution in [0.2, 0.25) is 0 Å². The molecule has 3 nitrogen and oxygen atoms in total. The SMILES string of the molecule is COc1cc(-c2ccc(-c3ccccn3)nc2)cc(-c2ccc3c4c(cccc24)-c2c-3c(-c3ccccc3)c3ccccc3c2-c2ccccc2)c1. The molecule has 9 aromatic rings. The summed E-state index contributed by atoms with van der Waals surface area (Å²) in [5.41, 5.74) is 16.2. The summed E-state index contributed by atoms with van der Waals surface area (Å²) in [4.78, 5) is 9.25. The molecule has 2 heterocycles. The van der Waals surface area contributed by atoms with Crippen LogP contribution in [0.5, 0.6) is 5.75 Å². The van der Waals surface area contributed by atoms with E-state index in [1.165, 1.54) is 71.6 Å². The summed E-state index contributed by atoms with van der Waals surface area (Å²) in [6, 6.07) is 58.6. The van der Waals surface area contributed by atoms with Crippen molar-refractivity contribution in [2.24, 2.45) is 0 Å². The number of aromatic nitrogens is 2. The molecule has 7 aromatic carbocycles. The lowest BCUT2D eigenvalue weighted by atomic mass is 9.82. The molecule has 0 saturated heterocycles. The van der Waals surface area contributed by atoms with Gasteiger partial charge in [-0.2, -0.15) is 0 Å². The summed E-state index contributed by atoms with van der Waals surface area (Å²) in [6.45, 7) is 0. The van der Waals surface area contributed by atoms with Gasteiger partial charge in [0, 0.05) is 18.0 Å². The van der Waals surface area contributed by atoms with Crippen LogP contribution in [-0.2, 0) is 0 Å². The van der Waals surface area contributed by atoms with Crippen molar-refractivity contribution in [2.75, 3.05) is 7.11 Å². The molecule has 0 radical (unpaired) electrons. The van der Waals surface area contributed by atoms with E-state index in [4.69, 9.17) is 9.72 Å². The van der Waals surface area contributed by atoms with E-state index in [1.54, 1.807) is 13.3 Å². The van der Waals surface area contributed by atoms with Gasteiger partial charge in [0.15, 0.2) is 0 Å². The van der Waals surface area contributed by atoms with Crippen LogP contribution in [0.1, 0.15) is 0 Å². The van der Waals surface area contributed by atoms with Crippen LogP contribution in [-0.4, -0.2) is 17.1 Å². The van der Waals surface area contributed by atoms with Gasteiger partial charge in [-0.3, -0.25) is 9.97 Å². The molecule has 1 aliphatic carbocycles. The number of ether oxygens (including phenoxy) is 1. The summed E-state index contributed by atoms with van der Waals surface area (Å²) in [5, 5.41) is 5.02. The molecular formula is C49H32N2O. The Balaban J connectivity index is 1.21. The number of fused-ring (bicyclic) bond motifs is 4. The van der Waals surface area contributed by atoms with Crippen LogP contribution < -0.4 is 4.74 Å². The van der Waals surface area contributed by atoms with E-state index in [1.807, 2.05) is 30.5 Å². The van der Waals surface area contributed by atoms with Gasteiger partial charge in [0.1, 0.15) is 5.75 Å². The zero-order valence-electron chi connectivity index (χ0n) is 28.5. The van der Waals surface area contributed by atoms with Crippen LogP contribution in [0.15, 0.2) is 176 Å². The molecule has 2 aromatic heterocycles. The highest BCUT2D eigenvalue weighted by Gasteiger charge is 2.31. The van der Waals surface area contributed by atoms with Gasteiger partial charge >= 0.3 is 0 Å². The zero-order chi connectivity index (χ0) is 34.6. The number of pyridine rings is 2. The van der Waals surface area contributed by atoms with Crippen molar-refractivity contribution in [3.05, 3.63) is 176 Å². The third-order valence-electron chi connectivity index (χ3n) is 10.4. The highest BCUT2D eigenvalue weighted by Crippen LogP contribution is 2.58. The Labute approximate surface area is 302 Å². The van der Waals surface area contributed by atoms with Crippen molar-refractivity contribution in [3.63, 3.8) is 0 Å². The first-order valence-corrected chi connectivity index (χ1v) is 17.6. The van der Waals surface area contributed by atoms with Gasteiger partial charge in [-0.05, 0) is 119 Å². The lowest BCUT2D eigenvalue weighted by Gasteiger charge is -2.20. The Hall–Kier alpha value is -6.84. The van der Waals surface area contributed by atoms with Crippen LogP contribution in [0.3, 0.4) is 0 Å². The first-order chi connectivity index (χ1) is 25.8. The highest BCUT2D eigenvalue weighted by atomic mass is 16.5. The summed E-state index contributed by atoms with van der Waals surface area (Å²) in [7, 11) is 1.73. The van der Waals surface area contributed by atoms with Crippen LogP contribution >= 0.6 is 0 Å². The van der Waals surface area contributed by atoms with E-state index >= 15 is 0 Å². The molecule has 0 spiro atoms. The van der Waals surface area contributed by atoms with E-state index in [0.29, 0.717) is 0 Å². The smallest absolute Gasteiger partial charge is 0.120 e. The Morgan fingerprint density at radius 2 is 0.981 bits per heavy atom. The van der Waals surface area contributed by atoms with Crippen molar-refractivity contribution in [1.82, 2.24) is 9.97 Å². The maximum atomic E-state index is 5.90. The summed E-state index contributed by atoms with van der Waals surface area (Å²) < 4.78 is 5.90. The average molecular weight is 665 g/mol. The third-order valence-corrected chi connectivity index (χ3v) is 10.4. The van der Waals surface area contributed by atoms with Gasteiger partial charge in [0.25, 0.3) is 0 Å². The van der Waals surface area contributed by atoms with Crippen molar-refractivity contribution < 1.29 is 4.74 Å². The minimum absolute atomic E-state index is 0.803. The van der Waals surface area contributed by atoms with Crippen LogP contribution in [0, 0.1) is 0 Å². The summed E-state index contributed by atoms with van der Waals surface area (Å²) >= 11 is 0. The summed E-state index contributed by atoms with van der Waals surface area (Å²) in [6.07, 6.45) is 3.72. The van der Waals surface area contributed by atoms with Gasteiger partial charge < -0.3 is 4.74 Å². The zero-order valence-corrected chi connectivity index (χ0v) is 28.5. The standard InChI is InChI=1S/C49H32N2O/c1-52-36-28-34(33-22-25-44(51-30-33)43-21-10-11-26-50-43)27-35(29-36)37-23-24-42-47-38(37)19-12-20-41(47)48-45(31-13-4-2-5-14-31)39-17-8-9-18-40(39)46(49(42)48)32-15-6-3-7-16-32/h2-30H,1H3. The van der Waals surface area contributed by atoms with Gasteiger partial charge in [-0.1, -0.05) is 127 Å². The Bertz CT molecular complexity index is 2700. The fraction of sp³-hybridized carbons (Fsp3) is 0.0204. The van der Waals surface area contributed by atoms with Gasteiger partial charge in [0.05, 0.1) is 18.5 Å². The highest BCUT2D eigenvalue weighted by molar-refractivity contribution is 6.28. The summed E-state index contributed by atoms with van der Waals surface area (Å²) in [5.74, 6) is 0.803. The molecule has 244 valence electrons. The second-order valence-corrected chi connectivity index (χ2v) is 13.3. The topological polar surface area (TPSA) is 35.0 Å². The first kappa shape index (κ1) is 30.0. The second-order valence-electron chi connectivity index (χ2n) is 13.3. The number of hydrogen-bond acceptors (Lipinski definition) is 3. The molecule has 0 N–H and O–H groups in total. The van der Waals surface area contributed by atoms with Crippen molar-refractivity contribution in [2.45, 2.75) is 0 Å². The minimum atomic E-state index is 0.803. The van der Waals surface area contributed by atoms with Gasteiger partial charge in [-0.25, -0.2) is 0 Å². The number of hydrogen-bond donors (Lipinski definition) is 0. The number of benzene rings is 7. The molecule has 0 fully saturated rings. The Kier molecular flexibility index (Phi) is 7.04. The Morgan fingerprint density at radius 3 is 1.62 bits per heavy atom. The molecule has 1 aliphatic rings. The normalized spacial score (nSPS) is 11.6. The fourth-order valence-electron chi connectivity index (χ4n) is 8.13. The molecule has 0 aliphatic heterocycles. The van der Waals surface area contributed by atoms with Crippen molar-refractivity contribution in [3.8, 4) is 83.9 Å². The van der Waals surface area contributed by atoms with Crippen LogP contribution in [0.4, 0.5) is 0 Å². The molecule has 0 amide bonds. The molecule has 52 heavy (non-hydrogen) atoms. The second kappa shape index (κ2) is 12.2. The third kappa shape index (κ3) is 4.74. The molecule has 3 heteroatoms. The monoisotopic (exact) mass is 664 g/mol. The van der Waals surface area contributed by atoms with Gasteiger partial charge in [0.2, 0.25) is 0 Å². The number of nitrogens with zero attached hydrogens (tertiary/aromatic N) is 2. The fourth-order valence-corrected chi connectivity index (χ4v) is 8.13. The van der Waals surface area contributed by atoms with Crippen molar-refractivity contribution in [1.29, 1.82) is 0 Å². The van der Waals surface area contributed by atoms with E-state index in [2.05, 4.69) is 145 Å². The molecule has 10 rings (SSSR count). The lowest BCUT2D eigenvalue weighted by Crippen LogP contribution is -1.93. The molecule has 0 bridgehead atoms. The predicted molar refractivity (Wildman–Crippen MR) is 215 cm³/mol. The minimum Gasteiger partial charge on any atom is -0.497 e. The van der Waals surface area contributed by atoms with E-state index in [-0.39, 0.29) is 0 Å². The lowest BCUT2D eigenvalue weighted by molar-refractivity contribution is 0.415. The van der Waals surface area contributed by atoms with Gasteiger partial charge in [-0.15, -0.1) is 0 Å².